The molecule has 0 fully saturated rings. The van der Waals surface area contributed by atoms with Crippen LogP contribution in [0.5, 0.6) is 5.75 Å². The van der Waals surface area contributed by atoms with Crippen molar-refractivity contribution in [3.05, 3.63) is 70.5 Å². The van der Waals surface area contributed by atoms with Gasteiger partial charge in [0.25, 0.3) is 0 Å². The number of hydrogen-bond acceptors (Lipinski definition) is 2. The van der Waals surface area contributed by atoms with Crippen molar-refractivity contribution in [1.82, 2.24) is 4.40 Å². The molecule has 1 aromatic carbocycles. The summed E-state index contributed by atoms with van der Waals surface area (Å²) in [5, 5.41) is 9.47. The van der Waals surface area contributed by atoms with Crippen LogP contribution in [0.4, 0.5) is 0 Å². The number of pyridine rings is 1. The first-order valence-corrected chi connectivity index (χ1v) is 6.55. The van der Waals surface area contributed by atoms with Crippen molar-refractivity contribution < 1.29 is 9.90 Å². The third-order valence-electron chi connectivity index (χ3n) is 3.02. The average Bonchev–Trinajstić information content (AvgIpc) is 2.85. The number of hydrogen-bond donors (Lipinski definition) is 1. The highest BCUT2D eigenvalue weighted by Gasteiger charge is 2.14. The maximum Gasteiger partial charge on any atom is 0.195 e. The minimum atomic E-state index is -0.0607. The molecule has 19 heavy (non-hydrogen) atoms. The summed E-state index contributed by atoms with van der Waals surface area (Å²) in [7, 11) is 0. The molecule has 3 rings (SSSR count). The Kier molecular flexibility index (Phi) is 2.87. The Morgan fingerprint density at radius 3 is 2.74 bits per heavy atom. The molecule has 2 aromatic heterocycles. The molecule has 0 saturated carbocycles. The molecule has 0 aliphatic heterocycles. The normalized spacial score (nSPS) is 10.8. The van der Waals surface area contributed by atoms with E-state index in [0.717, 1.165) is 5.52 Å². The van der Waals surface area contributed by atoms with Crippen LogP contribution in [0, 0.1) is 0 Å². The number of rotatable bonds is 2. The number of carbonyl (C=O) groups is 1. The molecule has 0 aliphatic rings. The zero-order valence-electron chi connectivity index (χ0n) is 9.88. The predicted molar refractivity (Wildman–Crippen MR) is 76.6 cm³/mol. The lowest BCUT2D eigenvalue weighted by molar-refractivity contribution is 0.104. The standard InChI is InChI=1S/C15H10BrNO2/c16-12-9-10(4-5-14(12)18)15(19)11-6-8-17-7-2-1-3-13(11)17/h1-9,18H. The van der Waals surface area contributed by atoms with E-state index in [1.165, 1.54) is 6.07 Å². The fourth-order valence-electron chi connectivity index (χ4n) is 2.05. The summed E-state index contributed by atoms with van der Waals surface area (Å²) in [5.74, 6) is 0.0627. The number of phenolic OH excluding ortho intramolecular Hbond substituents is 1. The fraction of sp³-hybridized carbons (Fsp3) is 0. The van der Waals surface area contributed by atoms with E-state index in [2.05, 4.69) is 15.9 Å². The molecule has 3 aromatic rings. The summed E-state index contributed by atoms with van der Waals surface area (Å²) in [5.41, 5.74) is 2.07. The monoisotopic (exact) mass is 315 g/mol. The summed E-state index contributed by atoms with van der Waals surface area (Å²) in [4.78, 5) is 12.5. The first-order chi connectivity index (χ1) is 9.16. The van der Waals surface area contributed by atoms with Crippen molar-refractivity contribution in [2.24, 2.45) is 0 Å². The second-order valence-corrected chi connectivity index (χ2v) is 5.07. The predicted octanol–water partition coefficient (Wildman–Crippen LogP) is 3.64. The highest BCUT2D eigenvalue weighted by molar-refractivity contribution is 9.10. The Labute approximate surface area is 118 Å². The van der Waals surface area contributed by atoms with Crippen LogP contribution in [-0.4, -0.2) is 15.3 Å². The van der Waals surface area contributed by atoms with Crippen molar-refractivity contribution in [2.75, 3.05) is 0 Å². The number of benzene rings is 1. The summed E-state index contributed by atoms with van der Waals surface area (Å²) < 4.78 is 2.42. The van der Waals surface area contributed by atoms with Crippen molar-refractivity contribution >= 4 is 27.2 Å². The maximum absolute atomic E-state index is 12.5. The molecular weight excluding hydrogens is 306 g/mol. The van der Waals surface area contributed by atoms with Crippen molar-refractivity contribution in [3.63, 3.8) is 0 Å². The molecule has 0 amide bonds. The molecule has 0 bridgehead atoms. The largest absolute Gasteiger partial charge is 0.507 e. The number of fused-ring (bicyclic) bond motifs is 1. The van der Waals surface area contributed by atoms with Gasteiger partial charge in [-0.2, -0.15) is 0 Å². The van der Waals surface area contributed by atoms with E-state index in [1.807, 2.05) is 35.0 Å². The Morgan fingerprint density at radius 2 is 1.95 bits per heavy atom. The van der Waals surface area contributed by atoms with Gasteiger partial charge in [0.1, 0.15) is 5.75 Å². The van der Waals surface area contributed by atoms with Gasteiger partial charge in [0, 0.05) is 23.5 Å². The lowest BCUT2D eigenvalue weighted by Gasteiger charge is -2.03. The van der Waals surface area contributed by atoms with E-state index >= 15 is 0 Å². The van der Waals surface area contributed by atoms with E-state index < -0.39 is 0 Å². The maximum atomic E-state index is 12.5. The Morgan fingerprint density at radius 1 is 1.11 bits per heavy atom. The van der Waals surface area contributed by atoms with E-state index in [9.17, 15) is 9.90 Å². The number of ketones is 1. The second-order valence-electron chi connectivity index (χ2n) is 4.22. The zero-order valence-corrected chi connectivity index (χ0v) is 11.5. The lowest BCUT2D eigenvalue weighted by atomic mass is 10.0. The van der Waals surface area contributed by atoms with Gasteiger partial charge in [-0.05, 0) is 52.3 Å². The zero-order chi connectivity index (χ0) is 13.4. The van der Waals surface area contributed by atoms with Gasteiger partial charge in [-0.3, -0.25) is 4.79 Å². The SMILES string of the molecule is O=C(c1ccc(O)c(Br)c1)c1ccn2ccccc12. The van der Waals surface area contributed by atoms with Gasteiger partial charge >= 0.3 is 0 Å². The smallest absolute Gasteiger partial charge is 0.195 e. The van der Waals surface area contributed by atoms with E-state index in [-0.39, 0.29) is 11.5 Å². The molecule has 2 heterocycles. The Bertz CT molecular complexity index is 777. The van der Waals surface area contributed by atoms with Gasteiger partial charge in [-0.1, -0.05) is 6.07 Å². The summed E-state index contributed by atoms with van der Waals surface area (Å²) in [6, 6.07) is 12.3. The van der Waals surface area contributed by atoms with Crippen LogP contribution < -0.4 is 0 Å². The number of carbonyl (C=O) groups excluding carboxylic acids is 1. The van der Waals surface area contributed by atoms with Crippen LogP contribution in [0.2, 0.25) is 0 Å². The molecular formula is C15H10BrNO2. The Hall–Kier alpha value is -2.07. The van der Waals surface area contributed by atoms with Crippen LogP contribution in [0.3, 0.4) is 0 Å². The number of phenols is 1. The first-order valence-electron chi connectivity index (χ1n) is 5.76. The minimum absolute atomic E-state index is 0.0607. The molecule has 3 nitrogen and oxygen atoms in total. The van der Waals surface area contributed by atoms with E-state index in [4.69, 9.17) is 0 Å². The number of nitrogens with zero attached hydrogens (tertiary/aromatic N) is 1. The fourth-order valence-corrected chi connectivity index (χ4v) is 2.43. The third kappa shape index (κ3) is 2.04. The average molecular weight is 316 g/mol. The molecule has 0 spiro atoms. The molecule has 1 N–H and O–H groups in total. The topological polar surface area (TPSA) is 41.7 Å². The van der Waals surface area contributed by atoms with Crippen LogP contribution in [0.1, 0.15) is 15.9 Å². The van der Waals surface area contributed by atoms with Gasteiger partial charge in [0.05, 0.1) is 9.99 Å². The second kappa shape index (κ2) is 4.55. The van der Waals surface area contributed by atoms with Crippen molar-refractivity contribution in [1.29, 1.82) is 0 Å². The van der Waals surface area contributed by atoms with Gasteiger partial charge in [0.15, 0.2) is 5.78 Å². The molecule has 0 aliphatic carbocycles. The summed E-state index contributed by atoms with van der Waals surface area (Å²) >= 11 is 3.22. The van der Waals surface area contributed by atoms with Crippen LogP contribution in [-0.2, 0) is 0 Å². The molecule has 0 radical (unpaired) electrons. The number of halogens is 1. The van der Waals surface area contributed by atoms with Gasteiger partial charge in [0.2, 0.25) is 0 Å². The molecule has 0 unspecified atom stereocenters. The molecule has 4 heteroatoms. The summed E-state index contributed by atoms with van der Waals surface area (Å²) in [6.07, 6.45) is 3.76. The Balaban J connectivity index is 2.11. The van der Waals surface area contributed by atoms with Crippen molar-refractivity contribution in [2.45, 2.75) is 0 Å². The van der Waals surface area contributed by atoms with Gasteiger partial charge < -0.3 is 9.51 Å². The van der Waals surface area contributed by atoms with E-state index in [1.54, 1.807) is 18.2 Å². The molecule has 0 saturated heterocycles. The quantitative estimate of drug-likeness (QED) is 0.734. The highest BCUT2D eigenvalue weighted by Crippen LogP contribution is 2.26. The highest BCUT2D eigenvalue weighted by atomic mass is 79.9. The number of aromatic nitrogens is 1. The minimum Gasteiger partial charge on any atom is -0.507 e. The van der Waals surface area contributed by atoms with Gasteiger partial charge in [-0.25, -0.2) is 0 Å². The van der Waals surface area contributed by atoms with Crippen molar-refractivity contribution in [3.8, 4) is 5.75 Å². The number of aromatic hydroxyl groups is 1. The van der Waals surface area contributed by atoms with Crippen LogP contribution in [0.15, 0.2) is 59.3 Å². The van der Waals surface area contributed by atoms with E-state index in [0.29, 0.717) is 15.6 Å². The summed E-state index contributed by atoms with van der Waals surface area (Å²) in [6.45, 7) is 0. The lowest BCUT2D eigenvalue weighted by Crippen LogP contribution is -2.00. The van der Waals surface area contributed by atoms with Crippen LogP contribution in [0.25, 0.3) is 5.52 Å². The van der Waals surface area contributed by atoms with Crippen LogP contribution >= 0.6 is 15.9 Å². The third-order valence-corrected chi connectivity index (χ3v) is 3.66. The molecule has 94 valence electrons. The first kappa shape index (κ1) is 12.0. The molecule has 0 atom stereocenters. The van der Waals surface area contributed by atoms with Gasteiger partial charge in [-0.15, -0.1) is 0 Å².